The Hall–Kier alpha value is -2.17. The maximum atomic E-state index is 10.7. The number of anilines is 1. The molecule has 0 saturated carbocycles. The van der Waals surface area contributed by atoms with Crippen molar-refractivity contribution in [2.45, 2.75) is 0 Å². The number of carbonyl (C=O) groups is 1. The topological polar surface area (TPSA) is 92.2 Å². The molecule has 0 aliphatic rings. The van der Waals surface area contributed by atoms with Crippen molar-refractivity contribution in [3.8, 4) is 11.5 Å². The molecule has 2 aromatic rings. The number of nitrogens with two attached hydrogens (primary N) is 1. The average Bonchev–Trinajstić information content (AvgIpc) is 2.70. The maximum absolute atomic E-state index is 10.7. The Kier molecular flexibility index (Phi) is 1.78. The monoisotopic (exact) mass is 192 g/mol. The smallest absolute Gasteiger partial charge is 0.354 e. The van der Waals surface area contributed by atoms with E-state index in [-0.39, 0.29) is 11.4 Å². The van der Waals surface area contributed by atoms with E-state index in [2.05, 4.69) is 4.98 Å². The van der Waals surface area contributed by atoms with Crippen LogP contribution in [0.1, 0.15) is 10.5 Å². The number of hydrogen-bond donors (Lipinski definition) is 3. The number of furan rings is 1. The predicted octanol–water partition coefficient (Wildman–Crippen LogP) is 1.56. The summed E-state index contributed by atoms with van der Waals surface area (Å²) in [7, 11) is 0. The molecule has 0 spiro atoms. The van der Waals surface area contributed by atoms with Crippen LogP contribution in [0.15, 0.2) is 28.9 Å². The summed E-state index contributed by atoms with van der Waals surface area (Å²) in [5.74, 6) is -0.524. The second kappa shape index (κ2) is 2.95. The van der Waals surface area contributed by atoms with Gasteiger partial charge in [-0.25, -0.2) is 4.79 Å². The van der Waals surface area contributed by atoms with Crippen LogP contribution in [0, 0.1) is 0 Å². The number of aromatic carboxylic acids is 1. The Balaban J connectivity index is 2.48. The normalized spacial score (nSPS) is 10.3. The fraction of sp³-hybridized carbons (Fsp3) is 0. The van der Waals surface area contributed by atoms with Gasteiger partial charge in [-0.2, -0.15) is 0 Å². The van der Waals surface area contributed by atoms with Gasteiger partial charge in [0.05, 0.1) is 17.6 Å². The second-order valence-electron chi connectivity index (χ2n) is 2.80. The zero-order chi connectivity index (χ0) is 10.1. The molecule has 0 aliphatic carbocycles. The van der Waals surface area contributed by atoms with E-state index in [4.69, 9.17) is 15.3 Å². The van der Waals surface area contributed by atoms with E-state index in [0.29, 0.717) is 11.5 Å². The SMILES string of the molecule is Nc1cc(-c2ccco2)[nH]c1C(=O)O. The highest BCUT2D eigenvalue weighted by atomic mass is 16.4. The number of H-pyrrole nitrogens is 1. The zero-order valence-electron chi connectivity index (χ0n) is 7.15. The van der Waals surface area contributed by atoms with Crippen molar-refractivity contribution in [1.29, 1.82) is 0 Å². The molecular formula is C9H8N2O3. The lowest BCUT2D eigenvalue weighted by Gasteiger charge is -1.90. The third kappa shape index (κ3) is 1.24. The van der Waals surface area contributed by atoms with E-state index < -0.39 is 5.97 Å². The van der Waals surface area contributed by atoms with Crippen LogP contribution in [-0.4, -0.2) is 16.1 Å². The van der Waals surface area contributed by atoms with Crippen LogP contribution in [0.4, 0.5) is 5.69 Å². The minimum Gasteiger partial charge on any atom is -0.477 e. The van der Waals surface area contributed by atoms with Crippen LogP contribution in [0.25, 0.3) is 11.5 Å². The molecule has 2 aromatic heterocycles. The predicted molar refractivity (Wildman–Crippen MR) is 49.9 cm³/mol. The van der Waals surface area contributed by atoms with Crippen molar-refractivity contribution >= 4 is 11.7 Å². The summed E-state index contributed by atoms with van der Waals surface area (Å²) in [4.78, 5) is 13.3. The molecule has 0 aromatic carbocycles. The molecule has 4 N–H and O–H groups in total. The van der Waals surface area contributed by atoms with Gasteiger partial charge in [-0.15, -0.1) is 0 Å². The summed E-state index contributed by atoms with van der Waals surface area (Å²) >= 11 is 0. The van der Waals surface area contributed by atoms with Crippen LogP contribution in [0.3, 0.4) is 0 Å². The Bertz CT molecular complexity index is 456. The number of aromatic nitrogens is 1. The summed E-state index contributed by atoms with van der Waals surface area (Å²) in [6, 6.07) is 4.96. The van der Waals surface area contributed by atoms with Gasteiger partial charge in [0.1, 0.15) is 11.5 Å². The summed E-state index contributed by atoms with van der Waals surface area (Å²) in [6.07, 6.45) is 1.51. The molecule has 0 atom stereocenters. The molecule has 0 fully saturated rings. The lowest BCUT2D eigenvalue weighted by molar-refractivity contribution is 0.0692. The third-order valence-electron chi connectivity index (χ3n) is 1.85. The molecule has 0 radical (unpaired) electrons. The van der Waals surface area contributed by atoms with Crippen LogP contribution >= 0.6 is 0 Å². The van der Waals surface area contributed by atoms with Gasteiger partial charge in [-0.1, -0.05) is 0 Å². The van der Waals surface area contributed by atoms with E-state index in [1.807, 2.05) is 0 Å². The Morgan fingerprint density at radius 2 is 2.36 bits per heavy atom. The van der Waals surface area contributed by atoms with Gasteiger partial charge in [-0.3, -0.25) is 0 Å². The van der Waals surface area contributed by atoms with Gasteiger partial charge in [-0.05, 0) is 18.2 Å². The molecule has 0 unspecified atom stereocenters. The van der Waals surface area contributed by atoms with Crippen molar-refractivity contribution in [2.75, 3.05) is 5.73 Å². The van der Waals surface area contributed by atoms with Gasteiger partial charge >= 0.3 is 5.97 Å². The van der Waals surface area contributed by atoms with Crippen LogP contribution in [0.5, 0.6) is 0 Å². The van der Waals surface area contributed by atoms with E-state index in [0.717, 1.165) is 0 Å². The summed E-state index contributed by atoms with van der Waals surface area (Å²) in [5, 5.41) is 8.73. The highest BCUT2D eigenvalue weighted by Gasteiger charge is 2.13. The quantitative estimate of drug-likeness (QED) is 0.673. The van der Waals surface area contributed by atoms with Crippen molar-refractivity contribution in [2.24, 2.45) is 0 Å². The van der Waals surface area contributed by atoms with E-state index in [9.17, 15) is 4.79 Å². The molecular weight excluding hydrogens is 184 g/mol. The third-order valence-corrected chi connectivity index (χ3v) is 1.85. The molecule has 0 amide bonds. The van der Waals surface area contributed by atoms with Gasteiger partial charge in [0.25, 0.3) is 0 Å². The minimum absolute atomic E-state index is 0.0172. The second-order valence-corrected chi connectivity index (χ2v) is 2.80. The van der Waals surface area contributed by atoms with Gasteiger partial charge < -0.3 is 20.2 Å². The van der Waals surface area contributed by atoms with E-state index >= 15 is 0 Å². The van der Waals surface area contributed by atoms with Crippen LogP contribution < -0.4 is 5.73 Å². The summed E-state index contributed by atoms with van der Waals surface area (Å²) in [6.45, 7) is 0. The van der Waals surface area contributed by atoms with E-state index in [1.54, 1.807) is 12.1 Å². The molecule has 72 valence electrons. The number of carboxylic acids is 1. The molecule has 2 heterocycles. The largest absolute Gasteiger partial charge is 0.477 e. The minimum atomic E-state index is -1.08. The fourth-order valence-corrected chi connectivity index (χ4v) is 1.21. The van der Waals surface area contributed by atoms with Crippen molar-refractivity contribution < 1.29 is 14.3 Å². The molecule has 0 aliphatic heterocycles. The highest BCUT2D eigenvalue weighted by molar-refractivity contribution is 5.93. The molecule has 2 rings (SSSR count). The number of nitrogen functional groups attached to an aromatic ring is 1. The van der Waals surface area contributed by atoms with Gasteiger partial charge in [0.2, 0.25) is 0 Å². The Labute approximate surface area is 79.2 Å². The average molecular weight is 192 g/mol. The number of carboxylic acid groups (broad SMARTS) is 1. The highest BCUT2D eigenvalue weighted by Crippen LogP contribution is 2.23. The Morgan fingerprint density at radius 3 is 2.86 bits per heavy atom. The van der Waals surface area contributed by atoms with Gasteiger partial charge in [0.15, 0.2) is 0 Å². The van der Waals surface area contributed by atoms with Crippen molar-refractivity contribution in [3.05, 3.63) is 30.2 Å². The summed E-state index contributed by atoms with van der Waals surface area (Å²) in [5.41, 5.74) is 6.24. The maximum Gasteiger partial charge on any atom is 0.354 e. The first kappa shape index (κ1) is 8.43. The fourth-order valence-electron chi connectivity index (χ4n) is 1.21. The van der Waals surface area contributed by atoms with Crippen LogP contribution in [0.2, 0.25) is 0 Å². The number of hydrogen-bond acceptors (Lipinski definition) is 3. The molecule has 5 nitrogen and oxygen atoms in total. The summed E-state index contributed by atoms with van der Waals surface area (Å²) < 4.78 is 5.09. The van der Waals surface area contributed by atoms with E-state index in [1.165, 1.54) is 12.3 Å². The lowest BCUT2D eigenvalue weighted by atomic mass is 10.3. The Morgan fingerprint density at radius 1 is 1.57 bits per heavy atom. The molecule has 14 heavy (non-hydrogen) atoms. The van der Waals surface area contributed by atoms with Crippen molar-refractivity contribution in [3.63, 3.8) is 0 Å². The molecule has 0 bridgehead atoms. The first-order chi connectivity index (χ1) is 6.68. The van der Waals surface area contributed by atoms with Crippen molar-refractivity contribution in [1.82, 2.24) is 4.98 Å². The first-order valence-electron chi connectivity index (χ1n) is 3.94. The number of aromatic amines is 1. The number of rotatable bonds is 2. The standard InChI is InChI=1S/C9H8N2O3/c10-5-4-6(7-2-1-3-14-7)11-8(5)9(12)13/h1-4,11H,10H2,(H,12,13). The number of nitrogens with one attached hydrogen (secondary N) is 1. The lowest BCUT2D eigenvalue weighted by Crippen LogP contribution is -2.00. The van der Waals surface area contributed by atoms with Gasteiger partial charge in [0, 0.05) is 0 Å². The van der Waals surface area contributed by atoms with Crippen LogP contribution in [-0.2, 0) is 0 Å². The first-order valence-corrected chi connectivity index (χ1v) is 3.94. The molecule has 5 heteroatoms. The molecule has 0 saturated heterocycles. The zero-order valence-corrected chi connectivity index (χ0v) is 7.15.